The molecule has 0 fully saturated rings. The van der Waals surface area contributed by atoms with Gasteiger partial charge in [-0.1, -0.05) is 36.4 Å². The second-order valence-electron chi connectivity index (χ2n) is 2.72. The lowest BCUT2D eigenvalue weighted by Crippen LogP contribution is -1.93. The van der Waals surface area contributed by atoms with E-state index < -0.39 is 0 Å². The predicted molar refractivity (Wildman–Crippen MR) is 56.4 cm³/mol. The molecular weight excluding hydrogens is 160 g/mol. The minimum atomic E-state index is 0.549. The SMILES string of the molecule is NCc1ccccc(N)cccc1. The van der Waals surface area contributed by atoms with Gasteiger partial charge < -0.3 is 11.5 Å². The number of nitrogen functional groups attached to an aromatic ring is 1. The van der Waals surface area contributed by atoms with E-state index in [1.165, 1.54) is 0 Å². The van der Waals surface area contributed by atoms with Crippen molar-refractivity contribution in [3.8, 4) is 0 Å². The molecule has 0 aliphatic heterocycles. The predicted octanol–water partition coefficient (Wildman–Crippen LogP) is 1.85. The topological polar surface area (TPSA) is 52.0 Å². The van der Waals surface area contributed by atoms with Crippen LogP contribution in [-0.2, 0) is 6.54 Å². The Balaban J connectivity index is 3.14. The normalized spacial score (nSPS) is 9.00. The first-order valence-electron chi connectivity index (χ1n) is 4.21. The van der Waals surface area contributed by atoms with E-state index >= 15 is 0 Å². The summed E-state index contributed by atoms with van der Waals surface area (Å²) in [4.78, 5) is 0. The molecular formula is C11H14N2. The smallest absolute Gasteiger partial charge is 0.0313 e. The lowest BCUT2D eigenvalue weighted by molar-refractivity contribution is 1.07. The van der Waals surface area contributed by atoms with Crippen LogP contribution in [0.5, 0.6) is 0 Å². The van der Waals surface area contributed by atoms with Crippen molar-refractivity contribution in [1.82, 2.24) is 0 Å². The molecule has 13 heavy (non-hydrogen) atoms. The molecule has 4 N–H and O–H groups in total. The van der Waals surface area contributed by atoms with E-state index in [2.05, 4.69) is 0 Å². The summed E-state index contributed by atoms with van der Waals surface area (Å²) in [5, 5.41) is 0. The Labute approximate surface area is 78.5 Å². The highest BCUT2D eigenvalue weighted by Gasteiger charge is 1.79. The van der Waals surface area contributed by atoms with Crippen LogP contribution in [0.3, 0.4) is 0 Å². The highest BCUT2D eigenvalue weighted by atomic mass is 14.5. The second-order valence-corrected chi connectivity index (χ2v) is 2.72. The summed E-state index contributed by atoms with van der Waals surface area (Å²) < 4.78 is 0. The molecule has 2 nitrogen and oxygen atoms in total. The van der Waals surface area contributed by atoms with Crippen molar-refractivity contribution in [3.05, 3.63) is 54.1 Å². The number of anilines is 1. The number of nitrogens with two attached hydrogens (primary N) is 2. The molecule has 0 radical (unpaired) electrons. The molecule has 0 aliphatic rings. The fourth-order valence-corrected chi connectivity index (χ4v) is 0.939. The van der Waals surface area contributed by atoms with Crippen molar-refractivity contribution in [2.45, 2.75) is 6.54 Å². The van der Waals surface area contributed by atoms with Gasteiger partial charge in [0.05, 0.1) is 0 Å². The largest absolute Gasteiger partial charge is 0.399 e. The molecule has 0 amide bonds. The monoisotopic (exact) mass is 174 g/mol. The van der Waals surface area contributed by atoms with Crippen LogP contribution < -0.4 is 11.5 Å². The van der Waals surface area contributed by atoms with Gasteiger partial charge in [0.1, 0.15) is 0 Å². The zero-order chi connectivity index (χ0) is 9.52. The summed E-state index contributed by atoms with van der Waals surface area (Å²) in [6.45, 7) is 0.549. The van der Waals surface area contributed by atoms with Gasteiger partial charge in [-0.15, -0.1) is 0 Å². The third-order valence-corrected chi connectivity index (χ3v) is 1.66. The fourth-order valence-electron chi connectivity index (χ4n) is 0.939. The molecule has 1 aromatic carbocycles. The Bertz CT molecular complexity index is 292. The van der Waals surface area contributed by atoms with Crippen molar-refractivity contribution in [2.75, 3.05) is 5.73 Å². The van der Waals surface area contributed by atoms with Crippen LogP contribution in [-0.4, -0.2) is 0 Å². The summed E-state index contributed by atoms with van der Waals surface area (Å²) in [5.74, 6) is 0. The molecule has 2 heteroatoms. The van der Waals surface area contributed by atoms with Gasteiger partial charge in [0.25, 0.3) is 0 Å². The highest BCUT2D eigenvalue weighted by Crippen LogP contribution is 1.97. The third-order valence-electron chi connectivity index (χ3n) is 1.66. The van der Waals surface area contributed by atoms with Crippen molar-refractivity contribution in [3.63, 3.8) is 0 Å². The fraction of sp³-hybridized carbons (Fsp3) is 0.0909. The van der Waals surface area contributed by atoms with Crippen LogP contribution in [0.1, 0.15) is 5.56 Å². The lowest BCUT2D eigenvalue weighted by Gasteiger charge is -1.89. The van der Waals surface area contributed by atoms with Crippen LogP contribution in [0.25, 0.3) is 0 Å². The zero-order valence-electron chi connectivity index (χ0n) is 7.48. The number of rotatable bonds is 1. The van der Waals surface area contributed by atoms with E-state index in [9.17, 15) is 0 Å². The molecule has 0 aliphatic carbocycles. The van der Waals surface area contributed by atoms with E-state index in [-0.39, 0.29) is 0 Å². The van der Waals surface area contributed by atoms with Gasteiger partial charge in [-0.2, -0.15) is 0 Å². The molecule has 0 heterocycles. The van der Waals surface area contributed by atoms with Crippen molar-refractivity contribution in [2.24, 2.45) is 5.73 Å². The Morgan fingerprint density at radius 1 is 0.846 bits per heavy atom. The quantitative estimate of drug-likeness (QED) is 0.682. The third kappa shape index (κ3) is 3.58. The molecule has 68 valence electrons. The Kier molecular flexibility index (Phi) is 3.79. The van der Waals surface area contributed by atoms with E-state index in [4.69, 9.17) is 11.5 Å². The van der Waals surface area contributed by atoms with Crippen LogP contribution in [0.15, 0.2) is 48.5 Å². The van der Waals surface area contributed by atoms with Crippen molar-refractivity contribution < 1.29 is 0 Å². The van der Waals surface area contributed by atoms with Gasteiger partial charge in [0.2, 0.25) is 0 Å². The molecule has 1 aromatic rings. The van der Waals surface area contributed by atoms with Crippen LogP contribution in [0, 0.1) is 0 Å². The average Bonchev–Trinajstić information content (AvgIpc) is 2.16. The average molecular weight is 174 g/mol. The second kappa shape index (κ2) is 5.17. The maximum Gasteiger partial charge on any atom is 0.0313 e. The van der Waals surface area contributed by atoms with Gasteiger partial charge in [-0.3, -0.25) is 0 Å². The van der Waals surface area contributed by atoms with Crippen molar-refractivity contribution >= 4 is 5.69 Å². The van der Waals surface area contributed by atoms with Gasteiger partial charge >= 0.3 is 0 Å². The zero-order valence-corrected chi connectivity index (χ0v) is 7.48. The highest BCUT2D eigenvalue weighted by molar-refractivity contribution is 5.34. The summed E-state index contributed by atoms with van der Waals surface area (Å²) in [7, 11) is 0. The molecule has 0 spiro atoms. The van der Waals surface area contributed by atoms with Crippen LogP contribution in [0.4, 0.5) is 5.69 Å². The summed E-state index contributed by atoms with van der Waals surface area (Å²) in [6.07, 6.45) is 0. The first-order chi connectivity index (χ1) is 6.33. The van der Waals surface area contributed by atoms with E-state index in [0.717, 1.165) is 11.3 Å². The van der Waals surface area contributed by atoms with Gasteiger partial charge in [0, 0.05) is 12.2 Å². The maximum atomic E-state index is 5.64. The number of hydrogen-bond acceptors (Lipinski definition) is 2. The minimum Gasteiger partial charge on any atom is -0.399 e. The lowest BCUT2D eigenvalue weighted by atomic mass is 10.2. The maximum absolute atomic E-state index is 5.64. The Morgan fingerprint density at radius 3 is 1.77 bits per heavy atom. The van der Waals surface area contributed by atoms with E-state index in [1.54, 1.807) is 0 Å². The first-order valence-corrected chi connectivity index (χ1v) is 4.21. The summed E-state index contributed by atoms with van der Waals surface area (Å²) in [6, 6.07) is 15.3. The Hall–Kier alpha value is -1.54. The molecule has 1 rings (SSSR count). The van der Waals surface area contributed by atoms with Crippen molar-refractivity contribution in [1.29, 1.82) is 0 Å². The van der Waals surface area contributed by atoms with Crippen LogP contribution in [0.2, 0.25) is 0 Å². The molecule has 0 atom stereocenters. The van der Waals surface area contributed by atoms with E-state index in [0.29, 0.717) is 6.54 Å². The number of hydrogen-bond donors (Lipinski definition) is 2. The van der Waals surface area contributed by atoms with Crippen LogP contribution >= 0.6 is 0 Å². The molecule has 0 saturated heterocycles. The molecule has 0 unspecified atom stereocenters. The standard InChI is InChI=1S/C11H14N2/c12-9-10-5-1-3-7-11(13)8-4-2-6-10/h1-8H,9,12-13H2. The van der Waals surface area contributed by atoms with E-state index in [1.807, 2.05) is 48.5 Å². The Morgan fingerprint density at radius 2 is 1.31 bits per heavy atom. The molecule has 0 saturated carbocycles. The van der Waals surface area contributed by atoms with Gasteiger partial charge in [-0.05, 0) is 17.7 Å². The first kappa shape index (κ1) is 9.55. The molecule has 0 aromatic heterocycles. The minimum absolute atomic E-state index is 0.549. The molecule has 0 bridgehead atoms. The van der Waals surface area contributed by atoms with Gasteiger partial charge in [0.15, 0.2) is 0 Å². The summed E-state index contributed by atoms with van der Waals surface area (Å²) >= 11 is 0. The summed E-state index contributed by atoms with van der Waals surface area (Å²) in [5.41, 5.74) is 13.0. The van der Waals surface area contributed by atoms with Gasteiger partial charge in [-0.25, -0.2) is 0 Å².